The van der Waals surface area contributed by atoms with Gasteiger partial charge in [-0.05, 0) is 43.5 Å². The zero-order chi connectivity index (χ0) is 14.9. The minimum absolute atomic E-state index is 0.00917. The van der Waals surface area contributed by atoms with Crippen molar-refractivity contribution in [2.24, 2.45) is 0 Å². The molecule has 0 aliphatic heterocycles. The number of para-hydroxylation sites is 1. The Bertz CT molecular complexity index is 678. The fraction of sp³-hybridized carbons (Fsp3) is 0.294. The van der Waals surface area contributed by atoms with Crippen molar-refractivity contribution in [2.45, 2.75) is 25.2 Å². The maximum Gasteiger partial charge on any atom is 0.236 e. The second-order valence-corrected chi connectivity index (χ2v) is 5.45. The molecule has 21 heavy (non-hydrogen) atoms. The average molecular weight is 282 g/mol. The van der Waals surface area contributed by atoms with E-state index in [2.05, 4.69) is 10.3 Å². The van der Waals surface area contributed by atoms with Gasteiger partial charge in [0.25, 0.3) is 0 Å². The van der Waals surface area contributed by atoms with Crippen LogP contribution in [0.2, 0.25) is 0 Å². The van der Waals surface area contributed by atoms with Gasteiger partial charge in [-0.25, -0.2) is 4.98 Å². The number of pyridine rings is 1. The molecule has 0 unspecified atom stereocenters. The molecule has 1 aromatic heterocycles. The summed E-state index contributed by atoms with van der Waals surface area (Å²) in [5.41, 5.74) is 1.55. The van der Waals surface area contributed by atoms with Crippen LogP contribution < -0.4 is 10.1 Å². The fourth-order valence-electron chi connectivity index (χ4n) is 2.62. The van der Waals surface area contributed by atoms with E-state index in [1.807, 2.05) is 43.3 Å². The molecule has 4 heteroatoms. The number of amides is 1. The maximum absolute atomic E-state index is 12.7. The predicted octanol–water partition coefficient (Wildman–Crippen LogP) is 3.07. The molecule has 0 radical (unpaired) electrons. The van der Waals surface area contributed by atoms with Crippen molar-refractivity contribution in [3.05, 3.63) is 53.7 Å². The SMILES string of the molecule is COc1ccccc1C1(C(=O)Nc2cc(C)ccn2)CC1. The summed E-state index contributed by atoms with van der Waals surface area (Å²) in [5, 5.41) is 2.93. The summed E-state index contributed by atoms with van der Waals surface area (Å²) >= 11 is 0. The molecule has 1 aromatic carbocycles. The van der Waals surface area contributed by atoms with Crippen LogP contribution in [0.15, 0.2) is 42.6 Å². The monoisotopic (exact) mass is 282 g/mol. The Morgan fingerprint density at radius 1 is 1.29 bits per heavy atom. The first-order chi connectivity index (χ1) is 10.2. The molecule has 2 aromatic rings. The van der Waals surface area contributed by atoms with Crippen molar-refractivity contribution in [1.82, 2.24) is 4.98 Å². The highest BCUT2D eigenvalue weighted by Crippen LogP contribution is 2.51. The summed E-state index contributed by atoms with van der Waals surface area (Å²) in [7, 11) is 1.63. The van der Waals surface area contributed by atoms with Gasteiger partial charge in [0.05, 0.1) is 12.5 Å². The number of methoxy groups -OCH3 is 1. The van der Waals surface area contributed by atoms with E-state index in [-0.39, 0.29) is 5.91 Å². The molecule has 0 bridgehead atoms. The lowest BCUT2D eigenvalue weighted by molar-refractivity contribution is -0.118. The van der Waals surface area contributed by atoms with Crippen molar-refractivity contribution >= 4 is 11.7 Å². The van der Waals surface area contributed by atoms with Gasteiger partial charge in [-0.15, -0.1) is 0 Å². The van der Waals surface area contributed by atoms with E-state index < -0.39 is 5.41 Å². The largest absolute Gasteiger partial charge is 0.496 e. The lowest BCUT2D eigenvalue weighted by Gasteiger charge is -2.18. The van der Waals surface area contributed by atoms with Crippen LogP contribution in [0.3, 0.4) is 0 Å². The molecule has 1 heterocycles. The third-order valence-corrected chi connectivity index (χ3v) is 3.96. The van der Waals surface area contributed by atoms with E-state index >= 15 is 0 Å². The van der Waals surface area contributed by atoms with Gasteiger partial charge in [-0.3, -0.25) is 4.79 Å². The Morgan fingerprint density at radius 3 is 2.71 bits per heavy atom. The van der Waals surface area contributed by atoms with Gasteiger partial charge in [-0.1, -0.05) is 18.2 Å². The number of hydrogen-bond donors (Lipinski definition) is 1. The standard InChI is InChI=1S/C17H18N2O2/c1-12-7-10-18-15(11-12)19-16(20)17(8-9-17)13-5-3-4-6-14(13)21-2/h3-7,10-11H,8-9H2,1-2H3,(H,18,19,20). The lowest BCUT2D eigenvalue weighted by atomic mass is 9.94. The van der Waals surface area contributed by atoms with Crippen LogP contribution in [0.5, 0.6) is 5.75 Å². The van der Waals surface area contributed by atoms with Gasteiger partial charge in [0, 0.05) is 11.8 Å². The number of aromatic nitrogens is 1. The predicted molar refractivity (Wildman–Crippen MR) is 81.5 cm³/mol. The number of nitrogens with zero attached hydrogens (tertiary/aromatic N) is 1. The minimum Gasteiger partial charge on any atom is -0.496 e. The van der Waals surface area contributed by atoms with Gasteiger partial charge in [0.2, 0.25) is 5.91 Å². The topological polar surface area (TPSA) is 51.2 Å². The summed E-state index contributed by atoms with van der Waals surface area (Å²) < 4.78 is 5.40. The molecule has 0 saturated heterocycles. The van der Waals surface area contributed by atoms with E-state index in [4.69, 9.17) is 4.74 Å². The van der Waals surface area contributed by atoms with Crippen molar-refractivity contribution in [2.75, 3.05) is 12.4 Å². The molecule has 4 nitrogen and oxygen atoms in total. The molecule has 0 spiro atoms. The first kappa shape index (κ1) is 13.6. The minimum atomic E-state index is -0.474. The molecule has 1 saturated carbocycles. The summed E-state index contributed by atoms with van der Waals surface area (Å²) in [6.07, 6.45) is 3.38. The molecule has 1 N–H and O–H groups in total. The maximum atomic E-state index is 12.7. The number of benzene rings is 1. The molecule has 108 valence electrons. The van der Waals surface area contributed by atoms with Gasteiger partial charge in [0.1, 0.15) is 11.6 Å². The average Bonchev–Trinajstić information content (AvgIpc) is 3.29. The number of anilines is 1. The van der Waals surface area contributed by atoms with Crippen LogP contribution in [0.4, 0.5) is 5.82 Å². The second kappa shape index (κ2) is 5.20. The van der Waals surface area contributed by atoms with Crippen LogP contribution in [-0.2, 0) is 10.2 Å². The quantitative estimate of drug-likeness (QED) is 0.937. The van der Waals surface area contributed by atoms with E-state index in [1.54, 1.807) is 13.3 Å². The van der Waals surface area contributed by atoms with Gasteiger partial charge in [0.15, 0.2) is 0 Å². The third kappa shape index (κ3) is 2.49. The first-order valence-corrected chi connectivity index (χ1v) is 7.03. The van der Waals surface area contributed by atoms with Crippen LogP contribution in [0.25, 0.3) is 0 Å². The normalized spacial score (nSPS) is 15.3. The smallest absolute Gasteiger partial charge is 0.236 e. The Labute approximate surface area is 124 Å². The zero-order valence-corrected chi connectivity index (χ0v) is 12.2. The van der Waals surface area contributed by atoms with Crippen LogP contribution in [0.1, 0.15) is 24.0 Å². The lowest BCUT2D eigenvalue weighted by Crippen LogP contribution is -2.28. The third-order valence-electron chi connectivity index (χ3n) is 3.96. The molecule has 0 atom stereocenters. The number of ether oxygens (including phenoxy) is 1. The summed E-state index contributed by atoms with van der Waals surface area (Å²) in [4.78, 5) is 16.9. The Balaban J connectivity index is 1.87. The molecular weight excluding hydrogens is 264 g/mol. The molecule has 1 aliphatic rings. The first-order valence-electron chi connectivity index (χ1n) is 7.03. The molecule has 1 aliphatic carbocycles. The number of carbonyl (C=O) groups excluding carboxylic acids is 1. The van der Waals surface area contributed by atoms with Crippen molar-refractivity contribution in [3.63, 3.8) is 0 Å². The molecule has 1 amide bonds. The Hall–Kier alpha value is -2.36. The number of hydrogen-bond acceptors (Lipinski definition) is 3. The van der Waals surface area contributed by atoms with Gasteiger partial charge >= 0.3 is 0 Å². The van der Waals surface area contributed by atoms with E-state index in [0.717, 1.165) is 29.7 Å². The van der Waals surface area contributed by atoms with Gasteiger partial charge < -0.3 is 10.1 Å². The number of nitrogens with one attached hydrogen (secondary N) is 1. The zero-order valence-electron chi connectivity index (χ0n) is 12.2. The van der Waals surface area contributed by atoms with Crippen molar-refractivity contribution in [3.8, 4) is 5.75 Å². The number of carbonyl (C=O) groups is 1. The van der Waals surface area contributed by atoms with Crippen molar-refractivity contribution in [1.29, 1.82) is 0 Å². The summed E-state index contributed by atoms with van der Waals surface area (Å²) in [6.45, 7) is 1.98. The highest BCUT2D eigenvalue weighted by atomic mass is 16.5. The van der Waals surface area contributed by atoms with Gasteiger partial charge in [-0.2, -0.15) is 0 Å². The molecule has 1 fully saturated rings. The summed E-state index contributed by atoms with van der Waals surface area (Å²) in [6, 6.07) is 11.5. The number of aryl methyl sites for hydroxylation is 1. The van der Waals surface area contributed by atoms with E-state index in [0.29, 0.717) is 5.82 Å². The van der Waals surface area contributed by atoms with E-state index in [9.17, 15) is 4.79 Å². The summed E-state index contributed by atoms with van der Waals surface area (Å²) in [5.74, 6) is 1.36. The highest BCUT2D eigenvalue weighted by Gasteiger charge is 2.52. The Morgan fingerprint density at radius 2 is 2.05 bits per heavy atom. The highest BCUT2D eigenvalue weighted by molar-refractivity contribution is 6.01. The van der Waals surface area contributed by atoms with Crippen LogP contribution in [-0.4, -0.2) is 18.0 Å². The molecular formula is C17H18N2O2. The van der Waals surface area contributed by atoms with Crippen LogP contribution >= 0.6 is 0 Å². The Kier molecular flexibility index (Phi) is 3.37. The fourth-order valence-corrected chi connectivity index (χ4v) is 2.62. The van der Waals surface area contributed by atoms with E-state index in [1.165, 1.54) is 0 Å². The number of rotatable bonds is 4. The molecule has 3 rings (SSSR count). The van der Waals surface area contributed by atoms with Crippen molar-refractivity contribution < 1.29 is 9.53 Å². The second-order valence-electron chi connectivity index (χ2n) is 5.45. The van der Waals surface area contributed by atoms with Crippen LogP contribution in [0, 0.1) is 6.92 Å².